The summed E-state index contributed by atoms with van der Waals surface area (Å²) in [6.07, 6.45) is 0.305. The van der Waals surface area contributed by atoms with Gasteiger partial charge in [0.1, 0.15) is 29.3 Å². The van der Waals surface area contributed by atoms with Crippen molar-refractivity contribution >= 4 is 41.6 Å². The zero-order valence-corrected chi connectivity index (χ0v) is 42.9. The SMILES string of the molecule is CCCCCC(=O)N(C(=O)[C@](CC(C)C)(CC(O)CCN)NC(=O)[C@H](Cc1c[nH]cn1)NC(=O)[C@H](Cc1ccccc1)NC(=O)[C@H](Cc1ccccc1)NC(=O)OC(C)(C)C)[C@@](N)(Cc1ccccc1)C(=O)O. The minimum Gasteiger partial charge on any atom is -0.478 e. The van der Waals surface area contributed by atoms with Gasteiger partial charge in [0.05, 0.1) is 18.1 Å². The number of nitrogens with zero attached hydrogens (tertiary/aromatic N) is 2. The highest BCUT2D eigenvalue weighted by molar-refractivity contribution is 6.06. The van der Waals surface area contributed by atoms with Crippen molar-refractivity contribution in [2.75, 3.05) is 6.54 Å². The highest BCUT2D eigenvalue weighted by Gasteiger charge is 2.55. The van der Waals surface area contributed by atoms with Gasteiger partial charge in [0.15, 0.2) is 0 Å². The van der Waals surface area contributed by atoms with E-state index in [4.69, 9.17) is 16.2 Å². The Labute approximate surface area is 428 Å². The number of unbranched alkanes of at least 4 members (excludes halogenated alkanes) is 2. The highest BCUT2D eigenvalue weighted by Crippen LogP contribution is 2.31. The van der Waals surface area contributed by atoms with Gasteiger partial charge in [0.2, 0.25) is 29.3 Å². The van der Waals surface area contributed by atoms with Gasteiger partial charge in [0.25, 0.3) is 5.91 Å². The van der Waals surface area contributed by atoms with Crippen LogP contribution >= 0.6 is 0 Å². The van der Waals surface area contributed by atoms with E-state index in [1.807, 2.05) is 6.92 Å². The van der Waals surface area contributed by atoms with E-state index in [1.165, 1.54) is 12.5 Å². The molecule has 0 radical (unpaired) electrons. The third kappa shape index (κ3) is 18.2. The van der Waals surface area contributed by atoms with Crippen LogP contribution in [0.15, 0.2) is 104 Å². The van der Waals surface area contributed by atoms with E-state index in [0.29, 0.717) is 46.5 Å². The van der Waals surface area contributed by atoms with Crippen LogP contribution in [0.5, 0.6) is 0 Å². The molecular formula is C54H75N9O10. The number of ether oxygens (including phenoxy) is 1. The van der Waals surface area contributed by atoms with Crippen LogP contribution in [-0.2, 0) is 59.2 Å². The van der Waals surface area contributed by atoms with Gasteiger partial charge in [-0.3, -0.25) is 34.6 Å². The van der Waals surface area contributed by atoms with Gasteiger partial charge in [-0.05, 0) is 69.2 Å². The normalized spacial score (nSPS) is 14.8. The monoisotopic (exact) mass is 1010 g/mol. The van der Waals surface area contributed by atoms with E-state index in [-0.39, 0.29) is 45.1 Å². The standard InChI is InChI=1S/C54H75N9O10/c1-7-8-12-25-45(65)63(54(56,50(70)71)32-39-23-17-11-18-24-39)49(69)53(31-36(2)3,33-41(64)26-27-55)62-48(68)44(30-40-34-57-35-58-40)60-46(66)42(28-37-19-13-9-14-20-37)59-47(67)43(29-38-21-15-10-16-22-38)61-51(72)73-52(4,5)6/h9-11,13-24,34-36,41-44,64H,7-8,12,25-33,55-56H2,1-6H3,(H,57,58)(H,59,67)(H,60,66)(H,61,72)(H,62,68)(H,70,71)/t41?,42-,43-,44-,53-,54-/m0/s1. The molecule has 4 rings (SSSR count). The lowest BCUT2D eigenvalue weighted by atomic mass is 9.80. The van der Waals surface area contributed by atoms with Crippen LogP contribution in [0.25, 0.3) is 0 Å². The topological polar surface area (TPSA) is 301 Å². The summed E-state index contributed by atoms with van der Waals surface area (Å²) in [6.45, 7) is 10.4. The fourth-order valence-electron chi connectivity index (χ4n) is 8.59. The van der Waals surface area contributed by atoms with Crippen molar-refractivity contribution in [1.82, 2.24) is 36.1 Å². The van der Waals surface area contributed by atoms with Gasteiger partial charge >= 0.3 is 12.1 Å². The Hall–Kier alpha value is -6.96. The number of aromatic nitrogens is 2. The number of imidazole rings is 1. The number of aliphatic hydroxyl groups excluding tert-OH is 1. The molecule has 0 aliphatic heterocycles. The molecule has 19 heteroatoms. The predicted octanol–water partition coefficient (Wildman–Crippen LogP) is 4.22. The van der Waals surface area contributed by atoms with Gasteiger partial charge in [-0.2, -0.15) is 0 Å². The van der Waals surface area contributed by atoms with Crippen molar-refractivity contribution in [3.8, 4) is 0 Å². The second kappa shape index (κ2) is 27.8. The molecule has 396 valence electrons. The Morgan fingerprint density at radius 3 is 1.73 bits per heavy atom. The molecule has 6 atom stereocenters. The molecule has 6 amide bonds. The first-order valence-corrected chi connectivity index (χ1v) is 24.9. The quantitative estimate of drug-likeness (QED) is 0.0285. The van der Waals surface area contributed by atoms with Crippen molar-refractivity contribution in [3.63, 3.8) is 0 Å². The number of aromatic amines is 1. The lowest BCUT2D eigenvalue weighted by Crippen LogP contribution is -2.73. The second-order valence-corrected chi connectivity index (χ2v) is 20.0. The predicted molar refractivity (Wildman–Crippen MR) is 275 cm³/mol. The summed E-state index contributed by atoms with van der Waals surface area (Å²) >= 11 is 0. The third-order valence-electron chi connectivity index (χ3n) is 12.0. The van der Waals surface area contributed by atoms with Gasteiger partial charge in [-0.25, -0.2) is 14.6 Å². The van der Waals surface area contributed by atoms with E-state index in [1.54, 1.807) is 126 Å². The van der Waals surface area contributed by atoms with Crippen LogP contribution in [0, 0.1) is 5.92 Å². The van der Waals surface area contributed by atoms with E-state index in [9.17, 15) is 34.2 Å². The summed E-state index contributed by atoms with van der Waals surface area (Å²) < 4.78 is 5.49. The molecule has 73 heavy (non-hydrogen) atoms. The van der Waals surface area contributed by atoms with Gasteiger partial charge in [0, 0.05) is 44.7 Å². The molecule has 0 spiro atoms. The van der Waals surface area contributed by atoms with E-state index >= 15 is 9.59 Å². The number of imide groups is 1. The highest BCUT2D eigenvalue weighted by atomic mass is 16.6. The molecule has 1 heterocycles. The van der Waals surface area contributed by atoms with Crippen molar-refractivity contribution in [2.24, 2.45) is 17.4 Å². The molecule has 0 aliphatic rings. The summed E-state index contributed by atoms with van der Waals surface area (Å²) in [6, 6.07) is 21.8. The van der Waals surface area contributed by atoms with Crippen LogP contribution in [0.3, 0.4) is 0 Å². The lowest BCUT2D eigenvalue weighted by molar-refractivity contribution is -0.171. The molecule has 1 unspecified atom stereocenters. The van der Waals surface area contributed by atoms with Crippen LogP contribution in [0.1, 0.15) is 109 Å². The molecule has 1 aromatic heterocycles. The second-order valence-electron chi connectivity index (χ2n) is 20.0. The average Bonchev–Trinajstić information content (AvgIpc) is 3.84. The molecule has 19 nitrogen and oxygen atoms in total. The minimum atomic E-state index is -2.68. The summed E-state index contributed by atoms with van der Waals surface area (Å²) in [5.74, 6) is -6.75. The number of hydrogen-bond donors (Lipinski definition) is 9. The van der Waals surface area contributed by atoms with E-state index in [0.717, 1.165) is 0 Å². The van der Waals surface area contributed by atoms with Crippen LogP contribution in [-0.4, -0.2) is 114 Å². The summed E-state index contributed by atoms with van der Waals surface area (Å²) in [5, 5.41) is 33.5. The Balaban J connectivity index is 1.84. The summed E-state index contributed by atoms with van der Waals surface area (Å²) in [7, 11) is 0. The van der Waals surface area contributed by atoms with Crippen LogP contribution in [0.2, 0.25) is 0 Å². The number of aliphatic carboxylic acids is 1. The fraction of sp³-hybridized carbons (Fsp3) is 0.481. The molecule has 11 N–H and O–H groups in total. The summed E-state index contributed by atoms with van der Waals surface area (Å²) in [4.78, 5) is 109. The van der Waals surface area contributed by atoms with Gasteiger partial charge in [-0.1, -0.05) is 125 Å². The molecule has 4 aromatic rings. The number of aliphatic hydroxyl groups is 1. The van der Waals surface area contributed by atoms with Crippen molar-refractivity contribution in [1.29, 1.82) is 0 Å². The zero-order chi connectivity index (χ0) is 53.8. The van der Waals surface area contributed by atoms with E-state index in [2.05, 4.69) is 31.2 Å². The number of carboxylic acid groups (broad SMARTS) is 1. The number of carbonyl (C=O) groups is 7. The molecule has 0 bridgehead atoms. The van der Waals surface area contributed by atoms with Crippen LogP contribution in [0.4, 0.5) is 4.79 Å². The van der Waals surface area contributed by atoms with Crippen LogP contribution < -0.4 is 32.7 Å². The summed E-state index contributed by atoms with van der Waals surface area (Å²) in [5.41, 5.74) is 8.91. The maximum absolute atomic E-state index is 15.7. The molecule has 3 aromatic carbocycles. The molecular weight excluding hydrogens is 935 g/mol. The Morgan fingerprint density at radius 2 is 1.26 bits per heavy atom. The van der Waals surface area contributed by atoms with Gasteiger partial charge < -0.3 is 46.9 Å². The van der Waals surface area contributed by atoms with Crippen molar-refractivity contribution in [3.05, 3.63) is 126 Å². The molecule has 0 saturated heterocycles. The molecule has 0 saturated carbocycles. The zero-order valence-electron chi connectivity index (χ0n) is 42.9. The Kier molecular flexibility index (Phi) is 22.3. The number of rotatable bonds is 28. The first-order chi connectivity index (χ1) is 34.6. The smallest absolute Gasteiger partial charge is 0.408 e. The van der Waals surface area contributed by atoms with E-state index < -0.39 is 101 Å². The lowest BCUT2D eigenvalue weighted by Gasteiger charge is -2.44. The number of carbonyl (C=O) groups excluding carboxylic acids is 6. The number of amides is 6. The average molecular weight is 1010 g/mol. The maximum atomic E-state index is 15.7. The molecule has 0 fully saturated rings. The first-order valence-electron chi connectivity index (χ1n) is 24.9. The van der Waals surface area contributed by atoms with Crippen molar-refractivity contribution < 1.29 is 48.5 Å². The third-order valence-corrected chi connectivity index (χ3v) is 12.0. The maximum Gasteiger partial charge on any atom is 0.408 e. The fourth-order valence-corrected chi connectivity index (χ4v) is 8.59. The number of nitrogens with two attached hydrogens (primary N) is 2. The minimum absolute atomic E-state index is 0.0210. The number of H-pyrrole nitrogens is 1. The number of carboxylic acids is 1. The number of alkyl carbamates (subject to hydrolysis) is 1. The number of benzene rings is 3. The number of hydrogen-bond acceptors (Lipinski definition) is 12. The Bertz CT molecular complexity index is 2400. The molecule has 0 aliphatic carbocycles. The van der Waals surface area contributed by atoms with Gasteiger partial charge in [-0.15, -0.1) is 0 Å². The number of nitrogens with one attached hydrogen (secondary N) is 5. The first kappa shape index (κ1) is 58.6. The Morgan fingerprint density at radius 1 is 0.740 bits per heavy atom. The van der Waals surface area contributed by atoms with Crippen molar-refractivity contribution in [2.45, 2.75) is 153 Å². The largest absolute Gasteiger partial charge is 0.478 e.